The van der Waals surface area contributed by atoms with E-state index in [0.29, 0.717) is 0 Å². The number of anilines is 3. The van der Waals surface area contributed by atoms with Crippen LogP contribution in [0.25, 0.3) is 11.1 Å². The Morgan fingerprint density at radius 2 is 0.513 bits per heavy atom. The van der Waals surface area contributed by atoms with E-state index in [1.807, 2.05) is 0 Å². The van der Waals surface area contributed by atoms with Crippen molar-refractivity contribution in [2.75, 3.05) is 54.0 Å². The average molecular weight is 1050 g/mol. The standard InChI is InChI=1S/C73H133N3/c1-7-13-19-25-31-37-43-51-59-74(60-52-44-38-32-26-20-14-8-2)71-66-69-68-58-50-49-57-67(68)65-70(69)72(75(61-53-45-39-33-27-21-15-9-3)62-54-46-40-34-28-22-16-10-4)73(71)76(63-55-47-41-35-29-23-17-11-5)64-56-48-42-36-30-24-18-12-6/h49-50,57-58,66H,7-48,51-56,59-65H2,1-6H3. The van der Waals surface area contributed by atoms with Gasteiger partial charge in [0, 0.05) is 45.7 Å². The molecule has 0 amide bonds. The van der Waals surface area contributed by atoms with E-state index in [1.165, 1.54) is 353 Å². The highest BCUT2D eigenvalue weighted by Gasteiger charge is 2.32. The zero-order chi connectivity index (χ0) is 54.2. The molecule has 0 fully saturated rings. The Hall–Kier alpha value is -2.16. The van der Waals surface area contributed by atoms with Gasteiger partial charge in [-0.2, -0.15) is 0 Å². The second-order valence-electron chi connectivity index (χ2n) is 24.8. The highest BCUT2D eigenvalue weighted by atomic mass is 15.2. The zero-order valence-electron chi connectivity index (χ0n) is 52.6. The molecule has 2 aromatic rings. The topological polar surface area (TPSA) is 9.72 Å². The molecule has 0 saturated carbocycles. The molecule has 0 atom stereocenters. The fraction of sp³-hybridized carbons (Fsp3) is 0.836. The molecule has 0 saturated heterocycles. The molecular weight excluding hydrogens is 919 g/mol. The quantitative estimate of drug-likeness (QED) is 0.0522. The molecule has 2 aromatic carbocycles. The number of nitrogens with zero attached hydrogens (tertiary/aromatic N) is 3. The Kier molecular flexibility index (Phi) is 43.7. The molecule has 0 radical (unpaired) electrons. The highest BCUT2D eigenvalue weighted by Crippen LogP contribution is 2.51. The van der Waals surface area contributed by atoms with E-state index >= 15 is 0 Å². The molecule has 3 heteroatoms. The van der Waals surface area contributed by atoms with Gasteiger partial charge in [-0.3, -0.25) is 0 Å². The van der Waals surface area contributed by atoms with Gasteiger partial charge >= 0.3 is 0 Å². The van der Waals surface area contributed by atoms with Crippen molar-refractivity contribution in [3.63, 3.8) is 0 Å². The van der Waals surface area contributed by atoms with Crippen molar-refractivity contribution in [1.82, 2.24) is 0 Å². The van der Waals surface area contributed by atoms with Gasteiger partial charge in [0.2, 0.25) is 0 Å². The van der Waals surface area contributed by atoms with Crippen molar-refractivity contribution in [2.24, 2.45) is 0 Å². The zero-order valence-corrected chi connectivity index (χ0v) is 52.6. The fourth-order valence-corrected chi connectivity index (χ4v) is 12.8. The van der Waals surface area contributed by atoms with Gasteiger partial charge in [-0.1, -0.05) is 335 Å². The third-order valence-electron chi connectivity index (χ3n) is 17.7. The number of hydrogen-bond acceptors (Lipinski definition) is 3. The minimum Gasteiger partial charge on any atom is -0.370 e. The predicted octanol–water partition coefficient (Wildman–Crippen LogP) is 24.5. The highest BCUT2D eigenvalue weighted by molar-refractivity contribution is 5.96. The van der Waals surface area contributed by atoms with Crippen LogP contribution >= 0.6 is 0 Å². The van der Waals surface area contributed by atoms with Gasteiger partial charge in [-0.05, 0) is 66.8 Å². The van der Waals surface area contributed by atoms with Crippen LogP contribution in [0.4, 0.5) is 17.1 Å². The Labute approximate surface area is 477 Å². The van der Waals surface area contributed by atoms with Crippen LogP contribution in [0.5, 0.6) is 0 Å². The molecule has 1 aliphatic rings. The van der Waals surface area contributed by atoms with Gasteiger partial charge < -0.3 is 14.7 Å². The Bertz CT molecular complexity index is 1520. The molecule has 0 bridgehead atoms. The van der Waals surface area contributed by atoms with Crippen LogP contribution in [0.3, 0.4) is 0 Å². The molecule has 0 spiro atoms. The van der Waals surface area contributed by atoms with Crippen LogP contribution in [0.2, 0.25) is 0 Å². The molecular formula is C73H133N3. The van der Waals surface area contributed by atoms with Gasteiger partial charge in [0.1, 0.15) is 0 Å². The maximum atomic E-state index is 3.07. The smallest absolute Gasteiger partial charge is 0.0845 e. The van der Waals surface area contributed by atoms with E-state index < -0.39 is 0 Å². The van der Waals surface area contributed by atoms with Crippen molar-refractivity contribution in [1.29, 1.82) is 0 Å². The predicted molar refractivity (Wildman–Crippen MR) is 347 cm³/mol. The molecule has 440 valence electrons. The Morgan fingerprint density at radius 3 is 0.816 bits per heavy atom. The van der Waals surface area contributed by atoms with Gasteiger partial charge in [-0.15, -0.1) is 0 Å². The first kappa shape index (κ1) is 68.1. The summed E-state index contributed by atoms with van der Waals surface area (Å²) in [6.07, 6.45) is 67.8. The Morgan fingerprint density at radius 1 is 0.263 bits per heavy atom. The number of hydrogen-bond donors (Lipinski definition) is 0. The minimum atomic E-state index is 1.10. The van der Waals surface area contributed by atoms with Crippen molar-refractivity contribution < 1.29 is 0 Å². The fourth-order valence-electron chi connectivity index (χ4n) is 12.8. The van der Waals surface area contributed by atoms with Crippen LogP contribution in [0.15, 0.2) is 30.3 Å². The summed E-state index contributed by atoms with van der Waals surface area (Å²) in [5.41, 5.74) is 11.3. The van der Waals surface area contributed by atoms with Crippen LogP contribution in [0.1, 0.15) is 361 Å². The number of unbranched alkanes of at least 4 members (excludes halogenated alkanes) is 42. The second kappa shape index (κ2) is 48.7. The van der Waals surface area contributed by atoms with Crippen molar-refractivity contribution in [3.05, 3.63) is 41.5 Å². The molecule has 0 N–H and O–H groups in total. The van der Waals surface area contributed by atoms with Crippen LogP contribution in [0, 0.1) is 0 Å². The van der Waals surface area contributed by atoms with Crippen LogP contribution in [-0.4, -0.2) is 39.3 Å². The minimum absolute atomic E-state index is 1.10. The van der Waals surface area contributed by atoms with Gasteiger partial charge in [0.25, 0.3) is 0 Å². The number of benzene rings is 2. The third-order valence-corrected chi connectivity index (χ3v) is 17.7. The summed E-state index contributed by atoms with van der Waals surface area (Å²) in [5.74, 6) is 0. The maximum Gasteiger partial charge on any atom is 0.0845 e. The summed E-state index contributed by atoms with van der Waals surface area (Å²) >= 11 is 0. The molecule has 3 nitrogen and oxygen atoms in total. The lowest BCUT2D eigenvalue weighted by atomic mass is 9.97. The molecule has 0 aromatic heterocycles. The lowest BCUT2D eigenvalue weighted by Crippen LogP contribution is -2.35. The molecule has 0 unspecified atom stereocenters. The molecule has 0 aliphatic heterocycles. The largest absolute Gasteiger partial charge is 0.370 e. The lowest BCUT2D eigenvalue weighted by Gasteiger charge is -2.39. The third kappa shape index (κ3) is 30.4. The monoisotopic (exact) mass is 1050 g/mol. The van der Waals surface area contributed by atoms with E-state index in [-0.39, 0.29) is 0 Å². The first-order chi connectivity index (χ1) is 37.6. The van der Waals surface area contributed by atoms with Crippen molar-refractivity contribution in [3.8, 4) is 11.1 Å². The summed E-state index contributed by atoms with van der Waals surface area (Å²) < 4.78 is 0. The average Bonchev–Trinajstić information content (AvgIpc) is 3.83. The van der Waals surface area contributed by atoms with Gasteiger partial charge in [-0.25, -0.2) is 0 Å². The molecule has 1 aliphatic carbocycles. The first-order valence-corrected chi connectivity index (χ1v) is 35.2. The summed E-state index contributed by atoms with van der Waals surface area (Å²) in [5, 5.41) is 0. The molecule has 3 rings (SSSR count). The summed E-state index contributed by atoms with van der Waals surface area (Å²) in [6.45, 7) is 21.4. The van der Waals surface area contributed by atoms with E-state index in [4.69, 9.17) is 0 Å². The molecule has 76 heavy (non-hydrogen) atoms. The first-order valence-electron chi connectivity index (χ1n) is 35.2. The normalized spacial score (nSPS) is 12.0. The van der Waals surface area contributed by atoms with E-state index in [1.54, 1.807) is 33.8 Å². The summed E-state index contributed by atoms with van der Waals surface area (Å²) in [6, 6.07) is 12.5. The number of rotatable bonds is 57. The van der Waals surface area contributed by atoms with Crippen LogP contribution in [-0.2, 0) is 6.42 Å². The van der Waals surface area contributed by atoms with Crippen molar-refractivity contribution in [2.45, 2.75) is 356 Å². The van der Waals surface area contributed by atoms with Crippen molar-refractivity contribution >= 4 is 17.1 Å². The Balaban J connectivity index is 2.20. The van der Waals surface area contributed by atoms with E-state index in [2.05, 4.69) is 86.6 Å². The number of fused-ring (bicyclic) bond motifs is 3. The van der Waals surface area contributed by atoms with Gasteiger partial charge in [0.05, 0.1) is 17.1 Å². The lowest BCUT2D eigenvalue weighted by molar-refractivity contribution is 0.549. The summed E-state index contributed by atoms with van der Waals surface area (Å²) in [7, 11) is 0. The maximum absolute atomic E-state index is 3.07. The molecule has 0 heterocycles. The van der Waals surface area contributed by atoms with E-state index in [0.717, 1.165) is 6.42 Å². The SMILES string of the molecule is CCCCCCCCCCN(CCCCCCCCCC)c1cc2c(c(N(CCCCCCCCCC)CCCCCCCCCC)c1N(CCCCCCCCCC)CCCCCCCCCC)Cc1ccccc1-2. The van der Waals surface area contributed by atoms with E-state index in [9.17, 15) is 0 Å². The van der Waals surface area contributed by atoms with Crippen LogP contribution < -0.4 is 14.7 Å². The summed E-state index contributed by atoms with van der Waals surface area (Å²) in [4.78, 5) is 9.16. The van der Waals surface area contributed by atoms with Gasteiger partial charge in [0.15, 0.2) is 0 Å². The second-order valence-corrected chi connectivity index (χ2v) is 24.8.